The van der Waals surface area contributed by atoms with Gasteiger partial charge in [0.15, 0.2) is 0 Å². The van der Waals surface area contributed by atoms with Gasteiger partial charge >= 0.3 is 5.97 Å². The molecule has 1 N–H and O–H groups in total. The Kier molecular flexibility index (Phi) is 1.42. The van der Waals surface area contributed by atoms with Crippen LogP contribution in [0, 0.1) is 5.41 Å². The van der Waals surface area contributed by atoms with Crippen molar-refractivity contribution in [3.63, 3.8) is 0 Å². The molecule has 0 spiro atoms. The fourth-order valence-electron chi connectivity index (χ4n) is 2.30. The van der Waals surface area contributed by atoms with Gasteiger partial charge < -0.3 is 9.84 Å². The van der Waals surface area contributed by atoms with Crippen LogP contribution in [0.4, 0.5) is 0 Å². The van der Waals surface area contributed by atoms with E-state index in [4.69, 9.17) is 9.84 Å². The van der Waals surface area contributed by atoms with E-state index in [1.165, 1.54) is 0 Å². The lowest BCUT2D eigenvalue weighted by Crippen LogP contribution is -2.34. The van der Waals surface area contributed by atoms with Gasteiger partial charge in [-0.25, -0.2) is 0 Å². The maximum atomic E-state index is 10.9. The number of hydrogen-bond donors (Lipinski definition) is 1. The Morgan fingerprint density at radius 3 is 3.00 bits per heavy atom. The summed E-state index contributed by atoms with van der Waals surface area (Å²) < 4.78 is 5.36. The van der Waals surface area contributed by atoms with Crippen LogP contribution >= 0.6 is 0 Å². The molecular formula is C8H12O3. The third-order valence-electron chi connectivity index (χ3n) is 3.00. The molecule has 2 aliphatic rings. The topological polar surface area (TPSA) is 46.5 Å². The molecule has 2 fully saturated rings. The Bertz CT molecular complexity index is 178. The summed E-state index contributed by atoms with van der Waals surface area (Å²) in [7, 11) is 0. The first kappa shape index (κ1) is 7.10. The van der Waals surface area contributed by atoms with Gasteiger partial charge in [-0.3, -0.25) is 4.79 Å². The van der Waals surface area contributed by atoms with E-state index in [1.54, 1.807) is 0 Å². The lowest BCUT2D eigenvalue weighted by atomic mass is 9.83. The van der Waals surface area contributed by atoms with Gasteiger partial charge in [0.1, 0.15) is 0 Å². The summed E-state index contributed by atoms with van der Waals surface area (Å²) in [5.41, 5.74) is -0.500. The number of hydrogen-bond acceptors (Lipinski definition) is 2. The molecule has 1 saturated heterocycles. The summed E-state index contributed by atoms with van der Waals surface area (Å²) in [5.74, 6) is -0.655. The van der Waals surface area contributed by atoms with Crippen LogP contribution in [0.15, 0.2) is 0 Å². The second-order valence-corrected chi connectivity index (χ2v) is 3.46. The Labute approximate surface area is 65.4 Å². The first-order valence-electron chi connectivity index (χ1n) is 4.11. The Balaban J connectivity index is 2.26. The lowest BCUT2D eigenvalue weighted by Gasteiger charge is -2.21. The van der Waals surface area contributed by atoms with E-state index in [9.17, 15) is 4.79 Å². The number of fused-ring (bicyclic) bond motifs is 1. The molecule has 0 bridgehead atoms. The highest BCUT2D eigenvalue weighted by Gasteiger charge is 2.53. The van der Waals surface area contributed by atoms with Crippen molar-refractivity contribution in [2.24, 2.45) is 5.41 Å². The van der Waals surface area contributed by atoms with Crippen LogP contribution in [0.1, 0.15) is 25.7 Å². The average Bonchev–Trinajstić information content (AvgIpc) is 2.40. The Morgan fingerprint density at radius 1 is 1.55 bits per heavy atom. The molecule has 1 aliphatic heterocycles. The Morgan fingerprint density at radius 2 is 2.36 bits per heavy atom. The molecule has 0 aromatic carbocycles. The molecule has 3 nitrogen and oxygen atoms in total. The van der Waals surface area contributed by atoms with Crippen molar-refractivity contribution in [3.8, 4) is 0 Å². The molecule has 0 unspecified atom stereocenters. The molecule has 2 atom stereocenters. The first-order valence-corrected chi connectivity index (χ1v) is 4.11. The van der Waals surface area contributed by atoms with E-state index >= 15 is 0 Å². The summed E-state index contributed by atoms with van der Waals surface area (Å²) in [6, 6.07) is 0. The molecule has 0 aromatic rings. The van der Waals surface area contributed by atoms with Crippen molar-refractivity contribution in [2.75, 3.05) is 6.61 Å². The van der Waals surface area contributed by atoms with Crippen LogP contribution in [-0.2, 0) is 9.53 Å². The molecule has 11 heavy (non-hydrogen) atoms. The number of ether oxygens (including phenoxy) is 1. The van der Waals surface area contributed by atoms with Crippen molar-refractivity contribution < 1.29 is 14.6 Å². The number of carboxylic acids is 1. The van der Waals surface area contributed by atoms with Crippen molar-refractivity contribution in [2.45, 2.75) is 31.8 Å². The Hall–Kier alpha value is -0.570. The molecule has 1 saturated carbocycles. The largest absolute Gasteiger partial charge is 0.481 e. The number of rotatable bonds is 1. The fourth-order valence-corrected chi connectivity index (χ4v) is 2.30. The van der Waals surface area contributed by atoms with Crippen molar-refractivity contribution in [3.05, 3.63) is 0 Å². The van der Waals surface area contributed by atoms with E-state index in [1.807, 2.05) is 0 Å². The predicted octanol–water partition coefficient (Wildman–Crippen LogP) is 1.03. The molecule has 0 radical (unpaired) electrons. The van der Waals surface area contributed by atoms with Crippen molar-refractivity contribution in [1.82, 2.24) is 0 Å². The maximum Gasteiger partial charge on any atom is 0.312 e. The van der Waals surface area contributed by atoms with Crippen LogP contribution in [0.5, 0.6) is 0 Å². The van der Waals surface area contributed by atoms with Crippen LogP contribution < -0.4 is 0 Å². The van der Waals surface area contributed by atoms with Gasteiger partial charge in [-0.2, -0.15) is 0 Å². The molecule has 2 rings (SSSR count). The summed E-state index contributed by atoms with van der Waals surface area (Å²) in [6.45, 7) is 0.636. The molecule has 62 valence electrons. The highest BCUT2D eigenvalue weighted by molar-refractivity contribution is 5.76. The van der Waals surface area contributed by atoms with Crippen LogP contribution in [0.25, 0.3) is 0 Å². The number of carboxylic acid groups (broad SMARTS) is 1. The summed E-state index contributed by atoms with van der Waals surface area (Å²) in [5, 5.41) is 8.99. The van der Waals surface area contributed by atoms with Gasteiger partial charge in [0.05, 0.1) is 11.5 Å². The number of carbonyl (C=O) groups is 1. The van der Waals surface area contributed by atoms with Gasteiger partial charge in [0.25, 0.3) is 0 Å². The summed E-state index contributed by atoms with van der Waals surface area (Å²) in [6.07, 6.45) is 3.49. The quantitative estimate of drug-likeness (QED) is 0.616. The molecule has 1 heterocycles. The molecule has 0 aromatic heterocycles. The fraction of sp³-hybridized carbons (Fsp3) is 0.875. The van der Waals surface area contributed by atoms with Crippen LogP contribution in [0.2, 0.25) is 0 Å². The van der Waals surface area contributed by atoms with Crippen molar-refractivity contribution in [1.29, 1.82) is 0 Å². The van der Waals surface area contributed by atoms with E-state index in [0.29, 0.717) is 13.0 Å². The average molecular weight is 156 g/mol. The van der Waals surface area contributed by atoms with Gasteiger partial charge in [-0.1, -0.05) is 0 Å². The van der Waals surface area contributed by atoms with Crippen molar-refractivity contribution >= 4 is 5.97 Å². The predicted molar refractivity (Wildman–Crippen MR) is 38.3 cm³/mol. The van der Waals surface area contributed by atoms with Gasteiger partial charge in [-0.05, 0) is 25.7 Å². The standard InChI is InChI=1S/C8H12O3/c9-7(10)8-3-1-2-6(8)11-5-4-8/h6H,1-5H2,(H,9,10)/t6-,8+/m0/s1. The SMILES string of the molecule is O=C(O)[C@@]12CCC[C@@H]1OCC2. The molecule has 0 amide bonds. The summed E-state index contributed by atoms with van der Waals surface area (Å²) >= 11 is 0. The zero-order valence-corrected chi connectivity index (χ0v) is 6.38. The third-order valence-corrected chi connectivity index (χ3v) is 3.00. The van der Waals surface area contributed by atoms with Crippen LogP contribution in [0.3, 0.4) is 0 Å². The third kappa shape index (κ3) is 0.805. The van der Waals surface area contributed by atoms with E-state index in [0.717, 1.165) is 19.3 Å². The molecular weight excluding hydrogens is 144 g/mol. The molecule has 3 heteroatoms. The highest BCUT2D eigenvalue weighted by Crippen LogP contribution is 2.47. The monoisotopic (exact) mass is 156 g/mol. The normalized spacial score (nSPS) is 42.4. The highest BCUT2D eigenvalue weighted by atomic mass is 16.5. The smallest absolute Gasteiger partial charge is 0.312 e. The second-order valence-electron chi connectivity index (χ2n) is 3.46. The number of aliphatic carboxylic acids is 1. The van der Waals surface area contributed by atoms with Gasteiger partial charge in [-0.15, -0.1) is 0 Å². The van der Waals surface area contributed by atoms with E-state index in [-0.39, 0.29) is 6.10 Å². The first-order chi connectivity index (χ1) is 5.26. The zero-order chi connectivity index (χ0) is 7.90. The maximum absolute atomic E-state index is 10.9. The van der Waals surface area contributed by atoms with Gasteiger partial charge in [0.2, 0.25) is 0 Å². The molecule has 1 aliphatic carbocycles. The van der Waals surface area contributed by atoms with E-state index < -0.39 is 11.4 Å². The minimum atomic E-state index is -0.655. The van der Waals surface area contributed by atoms with E-state index in [2.05, 4.69) is 0 Å². The van der Waals surface area contributed by atoms with Crippen LogP contribution in [-0.4, -0.2) is 23.8 Å². The summed E-state index contributed by atoms with van der Waals surface area (Å²) in [4.78, 5) is 10.9. The minimum absolute atomic E-state index is 0.0139. The second kappa shape index (κ2) is 2.21. The van der Waals surface area contributed by atoms with Gasteiger partial charge in [0, 0.05) is 6.61 Å². The zero-order valence-electron chi connectivity index (χ0n) is 6.38. The minimum Gasteiger partial charge on any atom is -0.481 e. The lowest BCUT2D eigenvalue weighted by molar-refractivity contribution is -0.150.